The van der Waals surface area contributed by atoms with E-state index >= 15 is 0 Å². The summed E-state index contributed by atoms with van der Waals surface area (Å²) in [6.45, 7) is 7.54. The molecule has 1 saturated heterocycles. The lowest BCUT2D eigenvalue weighted by Gasteiger charge is -2.44. The van der Waals surface area contributed by atoms with Gasteiger partial charge in [0.15, 0.2) is 0 Å². The van der Waals surface area contributed by atoms with Gasteiger partial charge in [0.05, 0.1) is 24.9 Å². The Morgan fingerprint density at radius 1 is 1.29 bits per heavy atom. The summed E-state index contributed by atoms with van der Waals surface area (Å²) in [6.07, 6.45) is -2.19. The third-order valence-corrected chi connectivity index (χ3v) is 3.07. The fourth-order valence-corrected chi connectivity index (χ4v) is 2.23. The Kier molecular flexibility index (Phi) is 5.34. The van der Waals surface area contributed by atoms with Gasteiger partial charge in [-0.05, 0) is 19.8 Å². The predicted octanol–water partition coefficient (Wildman–Crippen LogP) is -0.116. The van der Waals surface area contributed by atoms with Crippen molar-refractivity contribution in [3.8, 4) is 0 Å². The van der Waals surface area contributed by atoms with Crippen LogP contribution in [0.15, 0.2) is 0 Å². The quantitative estimate of drug-likeness (QED) is 0.645. The number of aliphatic hydroxyl groups is 2. The molecule has 1 rings (SSSR count). The highest BCUT2D eigenvalue weighted by molar-refractivity contribution is 4.96. The van der Waals surface area contributed by atoms with E-state index in [4.69, 9.17) is 15.2 Å². The van der Waals surface area contributed by atoms with Crippen LogP contribution in [0.5, 0.6) is 0 Å². The van der Waals surface area contributed by atoms with Crippen molar-refractivity contribution in [2.45, 2.75) is 64.3 Å². The van der Waals surface area contributed by atoms with Gasteiger partial charge in [-0.2, -0.15) is 0 Å². The SMILES string of the molecule is CC(C)OC1C(CO)OC(C(C)C)C(N)C1O. The zero-order valence-electron chi connectivity index (χ0n) is 11.0. The molecule has 0 aromatic heterocycles. The lowest BCUT2D eigenvalue weighted by Crippen LogP contribution is -2.64. The Balaban J connectivity index is 2.79. The van der Waals surface area contributed by atoms with Crippen molar-refractivity contribution in [2.24, 2.45) is 11.7 Å². The van der Waals surface area contributed by atoms with Crippen molar-refractivity contribution in [3.63, 3.8) is 0 Å². The van der Waals surface area contributed by atoms with Crippen LogP contribution in [0.2, 0.25) is 0 Å². The minimum Gasteiger partial charge on any atom is -0.394 e. The second-order valence-electron chi connectivity index (χ2n) is 5.28. The maximum absolute atomic E-state index is 10.2. The first-order valence-corrected chi connectivity index (χ1v) is 6.23. The first-order chi connectivity index (χ1) is 7.88. The molecule has 17 heavy (non-hydrogen) atoms. The van der Waals surface area contributed by atoms with E-state index in [1.807, 2.05) is 27.7 Å². The van der Waals surface area contributed by atoms with Gasteiger partial charge < -0.3 is 25.4 Å². The second kappa shape index (κ2) is 6.11. The lowest BCUT2D eigenvalue weighted by molar-refractivity contribution is -0.222. The molecule has 5 heteroatoms. The summed E-state index contributed by atoms with van der Waals surface area (Å²) < 4.78 is 11.3. The van der Waals surface area contributed by atoms with E-state index in [0.717, 1.165) is 0 Å². The normalized spacial score (nSPS) is 39.0. The van der Waals surface area contributed by atoms with Gasteiger partial charge in [0.25, 0.3) is 0 Å². The molecule has 1 aliphatic rings. The van der Waals surface area contributed by atoms with E-state index in [1.165, 1.54) is 0 Å². The lowest BCUT2D eigenvalue weighted by atomic mass is 9.88. The molecule has 0 spiro atoms. The molecule has 5 atom stereocenters. The molecule has 102 valence electrons. The molecule has 0 amide bonds. The van der Waals surface area contributed by atoms with Crippen molar-refractivity contribution in [1.29, 1.82) is 0 Å². The van der Waals surface area contributed by atoms with Crippen LogP contribution in [0.4, 0.5) is 0 Å². The second-order valence-corrected chi connectivity index (χ2v) is 5.28. The van der Waals surface area contributed by atoms with Crippen LogP contribution in [0, 0.1) is 5.92 Å². The van der Waals surface area contributed by atoms with Gasteiger partial charge in [0.2, 0.25) is 0 Å². The molecule has 1 fully saturated rings. The van der Waals surface area contributed by atoms with Gasteiger partial charge in [-0.25, -0.2) is 0 Å². The minimum absolute atomic E-state index is 0.0462. The van der Waals surface area contributed by atoms with E-state index in [2.05, 4.69) is 0 Å². The van der Waals surface area contributed by atoms with Gasteiger partial charge in [-0.15, -0.1) is 0 Å². The molecule has 1 heterocycles. The first-order valence-electron chi connectivity index (χ1n) is 6.23. The Labute approximate surface area is 103 Å². The summed E-state index contributed by atoms with van der Waals surface area (Å²) >= 11 is 0. The van der Waals surface area contributed by atoms with E-state index in [9.17, 15) is 10.2 Å². The number of aliphatic hydroxyl groups excluding tert-OH is 2. The third kappa shape index (κ3) is 3.39. The van der Waals surface area contributed by atoms with Crippen molar-refractivity contribution >= 4 is 0 Å². The van der Waals surface area contributed by atoms with E-state index < -0.39 is 24.4 Å². The molecular formula is C12H25NO4. The van der Waals surface area contributed by atoms with E-state index in [0.29, 0.717) is 0 Å². The summed E-state index contributed by atoms with van der Waals surface area (Å²) in [5, 5.41) is 19.5. The van der Waals surface area contributed by atoms with Gasteiger partial charge in [-0.1, -0.05) is 13.8 Å². The molecule has 4 N–H and O–H groups in total. The Hall–Kier alpha value is -0.200. The summed E-state index contributed by atoms with van der Waals surface area (Å²) in [5.41, 5.74) is 5.97. The van der Waals surface area contributed by atoms with Crippen LogP contribution in [-0.2, 0) is 9.47 Å². The fraction of sp³-hybridized carbons (Fsp3) is 1.00. The fourth-order valence-electron chi connectivity index (χ4n) is 2.23. The smallest absolute Gasteiger partial charge is 0.114 e. The monoisotopic (exact) mass is 247 g/mol. The van der Waals surface area contributed by atoms with Gasteiger partial charge in [0.1, 0.15) is 18.3 Å². The Bertz CT molecular complexity index is 233. The molecule has 0 aliphatic carbocycles. The minimum atomic E-state index is -0.810. The standard InChI is InChI=1S/C12H25NO4/c1-6(2)11-9(13)10(15)12(16-7(3)4)8(5-14)17-11/h6-12,14-15H,5,13H2,1-4H3. The van der Waals surface area contributed by atoms with Gasteiger partial charge >= 0.3 is 0 Å². The third-order valence-electron chi connectivity index (χ3n) is 3.07. The molecular weight excluding hydrogens is 222 g/mol. The summed E-state index contributed by atoms with van der Waals surface area (Å²) in [4.78, 5) is 0. The molecule has 1 aliphatic heterocycles. The molecule has 0 aromatic carbocycles. The maximum atomic E-state index is 10.2. The van der Waals surface area contributed by atoms with Crippen molar-refractivity contribution in [3.05, 3.63) is 0 Å². The predicted molar refractivity (Wildman–Crippen MR) is 64.6 cm³/mol. The van der Waals surface area contributed by atoms with Crippen LogP contribution in [0.3, 0.4) is 0 Å². The van der Waals surface area contributed by atoms with Crippen LogP contribution in [0.1, 0.15) is 27.7 Å². The molecule has 5 nitrogen and oxygen atoms in total. The van der Waals surface area contributed by atoms with Crippen LogP contribution < -0.4 is 5.73 Å². The van der Waals surface area contributed by atoms with E-state index in [-0.39, 0.29) is 24.7 Å². The summed E-state index contributed by atoms with van der Waals surface area (Å²) in [6, 6.07) is -0.485. The highest BCUT2D eigenvalue weighted by atomic mass is 16.6. The first kappa shape index (κ1) is 14.9. The molecule has 0 saturated carbocycles. The average Bonchev–Trinajstić information content (AvgIpc) is 2.24. The van der Waals surface area contributed by atoms with Crippen molar-refractivity contribution < 1.29 is 19.7 Å². The highest BCUT2D eigenvalue weighted by Gasteiger charge is 2.45. The number of ether oxygens (including phenoxy) is 2. The number of rotatable bonds is 4. The Morgan fingerprint density at radius 3 is 2.29 bits per heavy atom. The maximum Gasteiger partial charge on any atom is 0.114 e. The summed E-state index contributed by atoms with van der Waals surface area (Å²) in [7, 11) is 0. The van der Waals surface area contributed by atoms with Crippen molar-refractivity contribution in [2.75, 3.05) is 6.61 Å². The average molecular weight is 247 g/mol. The number of hydrogen-bond acceptors (Lipinski definition) is 5. The van der Waals surface area contributed by atoms with Gasteiger partial charge in [0, 0.05) is 0 Å². The van der Waals surface area contributed by atoms with E-state index in [1.54, 1.807) is 0 Å². The van der Waals surface area contributed by atoms with Gasteiger partial charge in [-0.3, -0.25) is 0 Å². The van der Waals surface area contributed by atoms with Crippen LogP contribution >= 0.6 is 0 Å². The molecule has 0 radical (unpaired) electrons. The zero-order valence-corrected chi connectivity index (χ0v) is 11.0. The summed E-state index contributed by atoms with van der Waals surface area (Å²) in [5.74, 6) is 0.189. The highest BCUT2D eigenvalue weighted by Crippen LogP contribution is 2.27. The topological polar surface area (TPSA) is 84.9 Å². The molecule has 0 aromatic rings. The largest absolute Gasteiger partial charge is 0.394 e. The van der Waals surface area contributed by atoms with Crippen molar-refractivity contribution in [1.82, 2.24) is 0 Å². The molecule has 5 unspecified atom stereocenters. The number of nitrogens with two attached hydrogens (primary N) is 1. The Morgan fingerprint density at radius 2 is 1.88 bits per heavy atom. The molecule has 0 bridgehead atoms. The van der Waals surface area contributed by atoms with Crippen LogP contribution in [-0.4, -0.2) is 53.4 Å². The van der Waals surface area contributed by atoms with Crippen LogP contribution in [0.25, 0.3) is 0 Å². The zero-order chi connectivity index (χ0) is 13.2. The number of hydrogen-bond donors (Lipinski definition) is 3.